The molecule has 0 N–H and O–H groups in total. The van der Waals surface area contributed by atoms with Crippen LogP contribution in [0.25, 0.3) is 0 Å². The molecule has 0 amide bonds. The van der Waals surface area contributed by atoms with Crippen LogP contribution in [0.15, 0.2) is 12.1 Å². The van der Waals surface area contributed by atoms with Crippen LogP contribution in [0.4, 0.5) is 4.39 Å². The fourth-order valence-corrected chi connectivity index (χ4v) is 1.25. The minimum Gasteiger partial charge on any atom is -0.276 e. The highest BCUT2D eigenvalue weighted by Gasteiger charge is 2.05. The highest BCUT2D eigenvalue weighted by molar-refractivity contribution is 14.1. The number of hydrogen-bond acceptors (Lipinski definition) is 2. The molecule has 0 aliphatic carbocycles. The first-order valence-electron chi connectivity index (χ1n) is 2.62. The Morgan fingerprint density at radius 1 is 1.64 bits per heavy atom. The van der Waals surface area contributed by atoms with Crippen molar-refractivity contribution in [3.63, 3.8) is 0 Å². The van der Waals surface area contributed by atoms with Crippen LogP contribution in [0.3, 0.4) is 0 Å². The van der Waals surface area contributed by atoms with E-state index in [1.807, 2.05) is 0 Å². The molecule has 0 spiro atoms. The van der Waals surface area contributed by atoms with Crippen LogP contribution in [-0.2, 0) is 0 Å². The van der Waals surface area contributed by atoms with Gasteiger partial charge in [0, 0.05) is 11.6 Å². The van der Waals surface area contributed by atoms with Crippen molar-refractivity contribution in [3.8, 4) is 0 Å². The molecule has 58 valence electrons. The van der Waals surface area contributed by atoms with E-state index in [9.17, 15) is 9.18 Å². The van der Waals surface area contributed by atoms with Crippen LogP contribution in [0.2, 0.25) is 0 Å². The number of nitrogens with zero attached hydrogens (tertiary/aromatic N) is 1. The molecular formula is C6H2ClFINO. The third kappa shape index (κ3) is 2.37. The van der Waals surface area contributed by atoms with Crippen LogP contribution in [0.5, 0.6) is 0 Å². The Balaban J connectivity index is 3.19. The average Bonchev–Trinajstić information content (AvgIpc) is 1.85. The van der Waals surface area contributed by atoms with Crippen molar-refractivity contribution in [2.45, 2.75) is 0 Å². The van der Waals surface area contributed by atoms with Gasteiger partial charge in [0.25, 0.3) is 5.24 Å². The van der Waals surface area contributed by atoms with E-state index >= 15 is 0 Å². The molecule has 0 bridgehead atoms. The molecule has 1 aromatic heterocycles. The number of rotatable bonds is 1. The third-order valence-corrected chi connectivity index (χ3v) is 1.76. The summed E-state index contributed by atoms with van der Waals surface area (Å²) in [5.74, 6) is -0.694. The quantitative estimate of drug-likeness (QED) is 0.450. The number of carbonyl (C=O) groups is 1. The lowest BCUT2D eigenvalue weighted by molar-refractivity contribution is 0.108. The fraction of sp³-hybridized carbons (Fsp3) is 0. The molecule has 0 aliphatic rings. The maximum absolute atomic E-state index is 12.5. The van der Waals surface area contributed by atoms with Crippen molar-refractivity contribution >= 4 is 39.4 Å². The molecule has 0 unspecified atom stereocenters. The highest BCUT2D eigenvalue weighted by atomic mass is 127. The first-order valence-corrected chi connectivity index (χ1v) is 4.08. The van der Waals surface area contributed by atoms with Gasteiger partial charge in [-0.2, -0.15) is 4.39 Å². The molecule has 0 saturated carbocycles. The number of hydrogen-bond donors (Lipinski definition) is 0. The van der Waals surface area contributed by atoms with Gasteiger partial charge in [-0.3, -0.25) is 4.79 Å². The van der Waals surface area contributed by atoms with Gasteiger partial charge in [-0.1, -0.05) is 0 Å². The maximum Gasteiger partial charge on any atom is 0.252 e. The monoisotopic (exact) mass is 285 g/mol. The summed E-state index contributed by atoms with van der Waals surface area (Å²) in [6.45, 7) is 0. The molecule has 0 atom stereocenters. The summed E-state index contributed by atoms with van der Waals surface area (Å²) in [6, 6.07) is 2.41. The summed E-state index contributed by atoms with van der Waals surface area (Å²) < 4.78 is 12.9. The van der Waals surface area contributed by atoms with Crippen molar-refractivity contribution in [1.82, 2.24) is 4.98 Å². The number of halogens is 3. The van der Waals surface area contributed by atoms with Crippen LogP contribution >= 0.6 is 34.2 Å². The van der Waals surface area contributed by atoms with Gasteiger partial charge in [0.05, 0.1) is 0 Å². The summed E-state index contributed by atoms with van der Waals surface area (Å²) in [5.41, 5.74) is 0.128. The van der Waals surface area contributed by atoms with E-state index in [1.54, 1.807) is 22.6 Å². The summed E-state index contributed by atoms with van der Waals surface area (Å²) in [6.07, 6.45) is 0. The van der Waals surface area contributed by atoms with Crippen molar-refractivity contribution in [1.29, 1.82) is 0 Å². The third-order valence-electron chi connectivity index (χ3n) is 0.990. The topological polar surface area (TPSA) is 30.0 Å². The Labute approximate surface area is 80.9 Å². The molecule has 11 heavy (non-hydrogen) atoms. The lowest BCUT2D eigenvalue weighted by Crippen LogP contribution is -1.94. The zero-order valence-corrected chi connectivity index (χ0v) is 8.06. The van der Waals surface area contributed by atoms with Gasteiger partial charge in [-0.05, 0) is 40.3 Å². The van der Waals surface area contributed by atoms with E-state index in [-0.39, 0.29) is 5.56 Å². The molecule has 2 nitrogen and oxygen atoms in total. The van der Waals surface area contributed by atoms with Crippen molar-refractivity contribution in [2.75, 3.05) is 0 Å². The van der Waals surface area contributed by atoms with E-state index < -0.39 is 11.2 Å². The van der Waals surface area contributed by atoms with Gasteiger partial charge in [-0.25, -0.2) is 4.98 Å². The Morgan fingerprint density at radius 2 is 2.27 bits per heavy atom. The summed E-state index contributed by atoms with van der Waals surface area (Å²) >= 11 is 6.91. The van der Waals surface area contributed by atoms with E-state index in [2.05, 4.69) is 4.98 Å². The van der Waals surface area contributed by atoms with Gasteiger partial charge >= 0.3 is 0 Å². The maximum atomic E-state index is 12.5. The van der Waals surface area contributed by atoms with E-state index in [0.29, 0.717) is 3.70 Å². The predicted octanol–water partition coefficient (Wildman–Crippen LogP) is 2.20. The molecule has 5 heteroatoms. The minimum atomic E-state index is -0.694. The molecular weight excluding hydrogens is 283 g/mol. The van der Waals surface area contributed by atoms with E-state index in [4.69, 9.17) is 11.6 Å². The lowest BCUT2D eigenvalue weighted by Gasteiger charge is -1.94. The Hall–Kier alpha value is -0.230. The predicted molar refractivity (Wildman–Crippen MR) is 47.1 cm³/mol. The van der Waals surface area contributed by atoms with Gasteiger partial charge in [-0.15, -0.1) is 0 Å². The van der Waals surface area contributed by atoms with Gasteiger partial charge in [0.1, 0.15) is 3.70 Å². The standard InChI is InChI=1S/C6H2ClFINO/c7-6(11)3-1-4(8)10-5(9)2-3/h1-2H. The fourth-order valence-electron chi connectivity index (χ4n) is 0.578. The Bertz CT molecular complexity index is 284. The molecule has 0 saturated heterocycles. The Kier molecular flexibility index (Phi) is 2.78. The molecule has 1 aromatic rings. The van der Waals surface area contributed by atoms with Crippen LogP contribution in [-0.4, -0.2) is 10.2 Å². The molecule has 0 aromatic carbocycles. The average molecular weight is 285 g/mol. The zero-order chi connectivity index (χ0) is 8.43. The molecule has 0 fully saturated rings. The number of aromatic nitrogens is 1. The first kappa shape index (κ1) is 8.86. The van der Waals surface area contributed by atoms with E-state index in [0.717, 1.165) is 6.07 Å². The molecule has 0 radical (unpaired) electrons. The highest BCUT2D eigenvalue weighted by Crippen LogP contribution is 2.09. The van der Waals surface area contributed by atoms with Crippen LogP contribution in [0, 0.1) is 9.65 Å². The number of carbonyl (C=O) groups excluding carboxylic acids is 1. The minimum absolute atomic E-state index is 0.128. The second kappa shape index (κ2) is 3.44. The van der Waals surface area contributed by atoms with Crippen molar-refractivity contribution in [2.24, 2.45) is 0 Å². The Morgan fingerprint density at radius 3 is 2.73 bits per heavy atom. The van der Waals surface area contributed by atoms with E-state index in [1.165, 1.54) is 6.07 Å². The molecule has 1 heterocycles. The van der Waals surface area contributed by atoms with Gasteiger partial charge in [0.2, 0.25) is 5.95 Å². The SMILES string of the molecule is O=C(Cl)c1cc(F)nc(I)c1. The van der Waals surface area contributed by atoms with Crippen molar-refractivity contribution < 1.29 is 9.18 Å². The molecule has 1 rings (SSSR count). The number of pyridine rings is 1. The zero-order valence-electron chi connectivity index (χ0n) is 5.14. The van der Waals surface area contributed by atoms with Gasteiger partial charge in [0.15, 0.2) is 0 Å². The summed E-state index contributed by atoms with van der Waals surface area (Å²) in [5, 5.41) is -0.677. The van der Waals surface area contributed by atoms with Gasteiger partial charge < -0.3 is 0 Å². The van der Waals surface area contributed by atoms with Crippen LogP contribution < -0.4 is 0 Å². The summed E-state index contributed by atoms with van der Waals surface area (Å²) in [7, 11) is 0. The van der Waals surface area contributed by atoms with Crippen LogP contribution in [0.1, 0.15) is 10.4 Å². The second-order valence-corrected chi connectivity index (χ2v) is 3.22. The normalized spacial score (nSPS) is 9.73. The largest absolute Gasteiger partial charge is 0.276 e. The summed E-state index contributed by atoms with van der Waals surface area (Å²) in [4.78, 5) is 13.9. The first-order chi connectivity index (χ1) is 5.09. The second-order valence-electron chi connectivity index (χ2n) is 1.77. The van der Waals surface area contributed by atoms with Crippen molar-refractivity contribution in [3.05, 3.63) is 27.3 Å². The molecule has 0 aliphatic heterocycles. The smallest absolute Gasteiger partial charge is 0.252 e. The lowest BCUT2D eigenvalue weighted by atomic mass is 10.3.